The smallest absolute Gasteiger partial charge is 0.313 e. The van der Waals surface area contributed by atoms with Crippen molar-refractivity contribution >= 4 is 35.2 Å². The molecule has 0 fully saturated rings. The zero-order valence-corrected chi connectivity index (χ0v) is 17.2. The fourth-order valence-corrected chi connectivity index (χ4v) is 2.65. The van der Waals surface area contributed by atoms with Crippen molar-refractivity contribution in [1.29, 1.82) is 5.26 Å². The summed E-state index contributed by atoms with van der Waals surface area (Å²) in [6, 6.07) is 20.8. The summed E-state index contributed by atoms with van der Waals surface area (Å²) in [5, 5.41) is 16.9. The van der Waals surface area contributed by atoms with Gasteiger partial charge in [0.05, 0.1) is 6.54 Å². The van der Waals surface area contributed by atoms with E-state index in [0.29, 0.717) is 17.1 Å². The first-order chi connectivity index (χ1) is 15.4. The average Bonchev–Trinajstić information content (AvgIpc) is 3.25. The number of carbonyl (C=O) groups is 3. The van der Waals surface area contributed by atoms with Crippen molar-refractivity contribution in [3.05, 3.63) is 89.4 Å². The van der Waals surface area contributed by atoms with Crippen molar-refractivity contribution < 1.29 is 18.8 Å². The van der Waals surface area contributed by atoms with Crippen molar-refractivity contribution in [3.8, 4) is 6.07 Å². The van der Waals surface area contributed by atoms with E-state index < -0.39 is 17.7 Å². The maximum Gasteiger partial charge on any atom is 0.313 e. The molecule has 32 heavy (non-hydrogen) atoms. The third-order valence-electron chi connectivity index (χ3n) is 4.30. The van der Waals surface area contributed by atoms with Crippen molar-refractivity contribution in [2.75, 3.05) is 10.6 Å². The quantitative estimate of drug-likeness (QED) is 0.315. The van der Waals surface area contributed by atoms with Gasteiger partial charge in [0.1, 0.15) is 23.2 Å². The number of hydrogen-bond donors (Lipinski definition) is 3. The summed E-state index contributed by atoms with van der Waals surface area (Å²) in [5.41, 5.74) is 1.97. The summed E-state index contributed by atoms with van der Waals surface area (Å²) >= 11 is 0. The minimum atomic E-state index is -0.820. The number of amides is 3. The molecule has 0 aliphatic heterocycles. The maximum atomic E-state index is 12.3. The number of benzene rings is 2. The highest BCUT2D eigenvalue weighted by molar-refractivity contribution is 6.39. The van der Waals surface area contributed by atoms with Crippen LogP contribution in [0.4, 0.5) is 11.4 Å². The van der Waals surface area contributed by atoms with Crippen LogP contribution in [0.15, 0.2) is 76.7 Å². The molecule has 0 saturated carbocycles. The molecule has 3 rings (SSSR count). The van der Waals surface area contributed by atoms with Gasteiger partial charge in [0.2, 0.25) is 0 Å². The first kappa shape index (κ1) is 22.1. The van der Waals surface area contributed by atoms with E-state index >= 15 is 0 Å². The molecule has 8 nitrogen and oxygen atoms in total. The van der Waals surface area contributed by atoms with E-state index in [-0.39, 0.29) is 17.9 Å². The summed E-state index contributed by atoms with van der Waals surface area (Å²) in [6.45, 7) is 1.88. The van der Waals surface area contributed by atoms with Gasteiger partial charge in [-0.1, -0.05) is 35.9 Å². The highest BCUT2D eigenvalue weighted by atomic mass is 16.3. The monoisotopic (exact) mass is 428 g/mol. The maximum absolute atomic E-state index is 12.3. The highest BCUT2D eigenvalue weighted by Gasteiger charge is 2.15. The number of furan rings is 1. The van der Waals surface area contributed by atoms with Crippen LogP contribution in [-0.4, -0.2) is 17.7 Å². The van der Waals surface area contributed by atoms with Crippen LogP contribution in [0.5, 0.6) is 0 Å². The average molecular weight is 428 g/mol. The predicted molar refractivity (Wildman–Crippen MR) is 119 cm³/mol. The van der Waals surface area contributed by atoms with E-state index in [1.807, 2.05) is 31.2 Å². The summed E-state index contributed by atoms with van der Waals surface area (Å²) in [5.74, 6) is -1.58. The molecule has 3 N–H and O–H groups in total. The molecule has 3 aromatic rings. The molecule has 0 radical (unpaired) electrons. The Morgan fingerprint density at radius 3 is 2.22 bits per heavy atom. The second-order valence-electron chi connectivity index (χ2n) is 6.80. The van der Waals surface area contributed by atoms with Gasteiger partial charge in [-0.15, -0.1) is 0 Å². The SMILES string of the molecule is Cc1ccc(NC(=O)C(=O)NCc2ccc(/C=C(/C#N)C(=O)Nc3ccccc3)o2)cc1. The number of carbonyl (C=O) groups excluding carboxylic acids is 3. The Balaban J connectivity index is 1.55. The topological polar surface area (TPSA) is 124 Å². The fraction of sp³-hybridized carbons (Fsp3) is 0.0833. The summed E-state index contributed by atoms with van der Waals surface area (Å²) in [6.07, 6.45) is 1.30. The van der Waals surface area contributed by atoms with E-state index in [2.05, 4.69) is 16.0 Å². The van der Waals surface area contributed by atoms with Gasteiger partial charge in [0, 0.05) is 17.5 Å². The zero-order chi connectivity index (χ0) is 22.9. The van der Waals surface area contributed by atoms with Crippen molar-refractivity contribution in [2.45, 2.75) is 13.5 Å². The van der Waals surface area contributed by atoms with Crippen LogP contribution in [0.25, 0.3) is 6.08 Å². The lowest BCUT2D eigenvalue weighted by Gasteiger charge is -2.06. The molecule has 0 aliphatic carbocycles. The lowest BCUT2D eigenvalue weighted by molar-refractivity contribution is -0.136. The minimum Gasteiger partial charge on any atom is -0.460 e. The van der Waals surface area contributed by atoms with Crippen LogP contribution < -0.4 is 16.0 Å². The van der Waals surface area contributed by atoms with E-state index in [9.17, 15) is 19.6 Å². The highest BCUT2D eigenvalue weighted by Crippen LogP contribution is 2.14. The molecule has 1 heterocycles. The molecule has 0 unspecified atom stereocenters. The minimum absolute atomic E-state index is 0.0356. The molecular weight excluding hydrogens is 408 g/mol. The normalized spacial score (nSPS) is 10.7. The molecule has 3 amide bonds. The number of nitrogens with zero attached hydrogens (tertiary/aromatic N) is 1. The lowest BCUT2D eigenvalue weighted by atomic mass is 10.2. The molecule has 160 valence electrons. The van der Waals surface area contributed by atoms with Crippen molar-refractivity contribution in [2.24, 2.45) is 0 Å². The molecule has 2 aromatic carbocycles. The predicted octanol–water partition coefficient (Wildman–Crippen LogP) is 3.39. The number of aryl methyl sites for hydroxylation is 1. The first-order valence-electron chi connectivity index (χ1n) is 9.67. The van der Waals surface area contributed by atoms with Gasteiger partial charge in [0.15, 0.2) is 0 Å². The summed E-state index contributed by atoms with van der Waals surface area (Å²) in [7, 11) is 0. The third kappa shape index (κ3) is 6.18. The second kappa shape index (κ2) is 10.4. The van der Waals surface area contributed by atoms with Gasteiger partial charge in [-0.05, 0) is 43.3 Å². The Morgan fingerprint density at radius 1 is 0.875 bits per heavy atom. The van der Waals surface area contributed by atoms with E-state index in [0.717, 1.165) is 5.56 Å². The number of hydrogen-bond acceptors (Lipinski definition) is 5. The van der Waals surface area contributed by atoms with E-state index in [1.165, 1.54) is 6.08 Å². The zero-order valence-electron chi connectivity index (χ0n) is 17.2. The van der Waals surface area contributed by atoms with Crippen LogP contribution in [0.2, 0.25) is 0 Å². The summed E-state index contributed by atoms with van der Waals surface area (Å²) < 4.78 is 5.52. The number of para-hydroxylation sites is 1. The van der Waals surface area contributed by atoms with Gasteiger partial charge >= 0.3 is 11.8 Å². The van der Waals surface area contributed by atoms with Gasteiger partial charge in [-0.3, -0.25) is 14.4 Å². The molecule has 0 saturated heterocycles. The number of anilines is 2. The molecule has 0 bridgehead atoms. The van der Waals surface area contributed by atoms with Gasteiger partial charge < -0.3 is 20.4 Å². The van der Waals surface area contributed by atoms with Crippen LogP contribution in [-0.2, 0) is 20.9 Å². The van der Waals surface area contributed by atoms with E-state index in [1.54, 1.807) is 48.5 Å². The lowest BCUT2D eigenvalue weighted by Crippen LogP contribution is -2.34. The molecule has 0 aliphatic rings. The van der Waals surface area contributed by atoms with Gasteiger partial charge in [0.25, 0.3) is 5.91 Å². The Labute approximate surface area is 184 Å². The number of nitrogens with one attached hydrogen (secondary N) is 3. The number of rotatable bonds is 6. The molecule has 8 heteroatoms. The third-order valence-corrected chi connectivity index (χ3v) is 4.30. The molecular formula is C24H20N4O4. The van der Waals surface area contributed by atoms with Gasteiger partial charge in [-0.25, -0.2) is 0 Å². The Hall–Kier alpha value is -4.64. The van der Waals surface area contributed by atoms with Crippen LogP contribution in [0.1, 0.15) is 17.1 Å². The Bertz CT molecular complexity index is 1190. The fourth-order valence-electron chi connectivity index (χ4n) is 2.65. The first-order valence-corrected chi connectivity index (χ1v) is 9.67. The summed E-state index contributed by atoms with van der Waals surface area (Å²) in [4.78, 5) is 36.3. The molecule has 0 spiro atoms. The van der Waals surface area contributed by atoms with Crippen molar-refractivity contribution in [1.82, 2.24) is 5.32 Å². The Kier molecular flexibility index (Phi) is 7.17. The molecule has 0 atom stereocenters. The second-order valence-corrected chi connectivity index (χ2v) is 6.80. The van der Waals surface area contributed by atoms with Gasteiger partial charge in [-0.2, -0.15) is 5.26 Å². The molecule has 1 aromatic heterocycles. The largest absolute Gasteiger partial charge is 0.460 e. The Morgan fingerprint density at radius 2 is 1.53 bits per heavy atom. The van der Waals surface area contributed by atoms with E-state index in [4.69, 9.17) is 4.42 Å². The van der Waals surface area contributed by atoms with Crippen molar-refractivity contribution in [3.63, 3.8) is 0 Å². The standard InChI is InChI=1S/C24H20N4O4/c1-16-7-9-19(10-8-16)28-24(31)23(30)26-15-21-12-11-20(32-21)13-17(14-25)22(29)27-18-5-3-2-4-6-18/h2-13H,15H2,1H3,(H,26,30)(H,27,29)(H,28,31)/b17-13-. The van der Waals surface area contributed by atoms with Crippen LogP contribution >= 0.6 is 0 Å². The van der Waals surface area contributed by atoms with Crippen LogP contribution in [0.3, 0.4) is 0 Å². The number of nitriles is 1. The van der Waals surface area contributed by atoms with Crippen LogP contribution in [0, 0.1) is 18.3 Å².